The van der Waals surface area contributed by atoms with Crippen molar-refractivity contribution in [3.63, 3.8) is 0 Å². The van der Waals surface area contributed by atoms with Crippen molar-refractivity contribution >= 4 is 33.8 Å². The lowest BCUT2D eigenvalue weighted by molar-refractivity contribution is -0.147. The summed E-state index contributed by atoms with van der Waals surface area (Å²) in [4.78, 5) is 41.4. The zero-order chi connectivity index (χ0) is 36.6. The number of nitrogens with zero attached hydrogens (tertiary/aromatic N) is 1. The van der Waals surface area contributed by atoms with Crippen molar-refractivity contribution in [1.82, 2.24) is 26.4 Å². The average molecular weight is 757 g/mol. The highest BCUT2D eigenvalue weighted by atomic mass is 79.9. The molecule has 51 heavy (non-hydrogen) atoms. The number of benzene rings is 4. The van der Waals surface area contributed by atoms with Gasteiger partial charge in [0.05, 0.1) is 18.7 Å². The molecule has 5 rings (SSSR count). The van der Waals surface area contributed by atoms with E-state index in [0.717, 1.165) is 26.7 Å². The highest BCUT2D eigenvalue weighted by Gasteiger charge is 2.43. The smallest absolute Gasteiger partial charge is 0.315 e. The van der Waals surface area contributed by atoms with Crippen LogP contribution in [0.2, 0.25) is 0 Å². The van der Waals surface area contributed by atoms with Crippen LogP contribution in [0.25, 0.3) is 0 Å². The van der Waals surface area contributed by atoms with E-state index in [4.69, 9.17) is 0 Å². The first-order valence-corrected chi connectivity index (χ1v) is 17.8. The highest BCUT2D eigenvalue weighted by molar-refractivity contribution is 9.10. The monoisotopic (exact) mass is 755 g/mol. The predicted molar refractivity (Wildman–Crippen MR) is 200 cm³/mol. The van der Waals surface area contributed by atoms with Crippen LogP contribution in [0.5, 0.6) is 0 Å². The van der Waals surface area contributed by atoms with Gasteiger partial charge < -0.3 is 26.2 Å². The largest absolute Gasteiger partial charge is 0.390 e. The maximum Gasteiger partial charge on any atom is 0.315 e. The van der Waals surface area contributed by atoms with Crippen molar-refractivity contribution in [3.8, 4) is 0 Å². The van der Waals surface area contributed by atoms with Crippen molar-refractivity contribution in [2.75, 3.05) is 6.54 Å². The molecular formula is C40H46BrN5O5. The van der Waals surface area contributed by atoms with E-state index in [1.54, 1.807) is 0 Å². The first-order chi connectivity index (χ1) is 24.3. The van der Waals surface area contributed by atoms with Crippen LogP contribution in [0, 0.1) is 5.41 Å². The quantitative estimate of drug-likeness (QED) is 0.107. The van der Waals surface area contributed by atoms with E-state index in [0.29, 0.717) is 12.0 Å². The van der Waals surface area contributed by atoms with Crippen LogP contribution in [0.15, 0.2) is 114 Å². The second-order valence-electron chi connectivity index (χ2n) is 14.2. The Bertz CT molecular complexity index is 1780. The normalized spacial score (nSPS) is 17.2. The molecule has 0 unspecified atom stereocenters. The molecule has 10 nitrogen and oxygen atoms in total. The molecule has 0 aliphatic heterocycles. The first-order valence-electron chi connectivity index (χ1n) is 17.0. The topological polar surface area (TPSA) is 143 Å². The second kappa shape index (κ2) is 16.6. The summed E-state index contributed by atoms with van der Waals surface area (Å²) in [6.45, 7) is 5.64. The number of aliphatic hydroxyl groups excluding tert-OH is 1. The molecule has 1 aliphatic rings. The molecule has 4 atom stereocenters. The van der Waals surface area contributed by atoms with Crippen molar-refractivity contribution < 1.29 is 24.6 Å². The Kier molecular flexibility index (Phi) is 12.3. The van der Waals surface area contributed by atoms with E-state index >= 15 is 0 Å². The molecule has 4 aromatic carbocycles. The molecule has 0 radical (unpaired) electrons. The molecule has 0 heterocycles. The van der Waals surface area contributed by atoms with Gasteiger partial charge in [-0.25, -0.2) is 9.80 Å². The summed E-state index contributed by atoms with van der Waals surface area (Å²) in [5.41, 5.74) is 4.32. The summed E-state index contributed by atoms with van der Waals surface area (Å²) >= 11 is 3.46. The molecule has 268 valence electrons. The molecule has 1 aliphatic carbocycles. The molecule has 0 aromatic heterocycles. The van der Waals surface area contributed by atoms with Gasteiger partial charge in [-0.2, -0.15) is 0 Å². The van der Waals surface area contributed by atoms with Gasteiger partial charge in [0, 0.05) is 30.4 Å². The molecule has 0 saturated carbocycles. The molecule has 0 spiro atoms. The summed E-state index contributed by atoms with van der Waals surface area (Å²) in [7, 11) is 0. The molecule has 6 N–H and O–H groups in total. The van der Waals surface area contributed by atoms with Crippen LogP contribution in [0.4, 0.5) is 4.79 Å². The zero-order valence-corrected chi connectivity index (χ0v) is 30.7. The minimum absolute atomic E-state index is 0.0698. The number of halogens is 1. The van der Waals surface area contributed by atoms with Crippen molar-refractivity contribution in [3.05, 3.63) is 141 Å². The number of rotatable bonds is 13. The van der Waals surface area contributed by atoms with Gasteiger partial charge in [0.15, 0.2) is 5.60 Å². The van der Waals surface area contributed by atoms with Gasteiger partial charge >= 0.3 is 6.03 Å². The fourth-order valence-corrected chi connectivity index (χ4v) is 6.55. The Morgan fingerprint density at radius 2 is 1.45 bits per heavy atom. The second-order valence-corrected chi connectivity index (χ2v) is 15.1. The van der Waals surface area contributed by atoms with Gasteiger partial charge in [0.25, 0.3) is 11.8 Å². The number of hydrogen-bond acceptors (Lipinski definition) is 6. The zero-order valence-electron chi connectivity index (χ0n) is 29.1. The summed E-state index contributed by atoms with van der Waals surface area (Å²) < 4.78 is 0.871. The summed E-state index contributed by atoms with van der Waals surface area (Å²) in [6, 6.07) is 31.4. The number of hydrogen-bond donors (Lipinski definition) is 6. The third-order valence-corrected chi connectivity index (χ3v) is 9.49. The Morgan fingerprint density at radius 3 is 2.10 bits per heavy atom. The number of fused-ring (bicyclic) bond motifs is 1. The minimum atomic E-state index is -2.06. The number of urea groups is 1. The fraction of sp³-hybridized carbons (Fsp3) is 0.325. The lowest BCUT2D eigenvalue weighted by Crippen LogP contribution is -2.62. The number of nitrogens with one attached hydrogen (secondary N) is 4. The van der Waals surface area contributed by atoms with E-state index in [9.17, 15) is 24.6 Å². The van der Waals surface area contributed by atoms with E-state index in [-0.39, 0.29) is 26.1 Å². The van der Waals surface area contributed by atoms with Gasteiger partial charge in [-0.15, -0.1) is 0 Å². The Labute approximate surface area is 307 Å². The minimum Gasteiger partial charge on any atom is -0.390 e. The Morgan fingerprint density at radius 1 is 0.843 bits per heavy atom. The van der Waals surface area contributed by atoms with Gasteiger partial charge in [-0.1, -0.05) is 134 Å². The van der Waals surface area contributed by atoms with Crippen molar-refractivity contribution in [1.29, 1.82) is 0 Å². The molecule has 11 heteroatoms. The van der Waals surface area contributed by atoms with Crippen LogP contribution in [-0.4, -0.2) is 57.4 Å². The average Bonchev–Trinajstić information content (AvgIpc) is 3.41. The SMILES string of the molecule is CC(C)(C)[C@H](NC(=O)NCc1ccccc1)C(=O)NN(Cc1ccc(Br)cc1)C[C@@](O)(Cc1ccccc1)C(=O)N[C@H]1c2ccccc2C[C@H]1O. The highest BCUT2D eigenvalue weighted by Crippen LogP contribution is 2.32. The van der Waals surface area contributed by atoms with E-state index in [1.165, 1.54) is 5.01 Å². The standard InChI is InChI=1S/C40H46BrN5O5/c1-39(2,3)35(44-38(50)42-24-28-14-8-5-9-15-28)36(48)45-46(25-29-18-20-31(41)21-19-29)26-40(51,23-27-12-6-4-7-13-27)37(49)43-34-32-17-11-10-16-30(32)22-33(34)47/h4-21,33-35,47,51H,22-26H2,1-3H3,(H,43,49)(H,45,48)(H2,42,44,50)/t33-,34+,35-,40+/m1/s1. The van der Waals surface area contributed by atoms with Gasteiger partial charge in [-0.05, 0) is 45.4 Å². The number of hydrazine groups is 1. The molecule has 0 saturated heterocycles. The predicted octanol–water partition coefficient (Wildman–Crippen LogP) is 4.94. The van der Waals surface area contributed by atoms with Crippen molar-refractivity contribution in [2.45, 2.75) is 70.5 Å². The lowest BCUT2D eigenvalue weighted by atomic mass is 9.86. The van der Waals surface area contributed by atoms with Gasteiger partial charge in [0.1, 0.15) is 6.04 Å². The molecule has 0 fully saturated rings. The number of amides is 4. The Hall–Kier alpha value is -4.55. The number of carbonyl (C=O) groups is 3. The van der Waals surface area contributed by atoms with E-state index < -0.39 is 47.0 Å². The van der Waals surface area contributed by atoms with Crippen LogP contribution >= 0.6 is 15.9 Å². The number of carbonyl (C=O) groups excluding carboxylic acids is 3. The van der Waals surface area contributed by atoms with Crippen LogP contribution in [-0.2, 0) is 35.5 Å². The molecule has 0 bridgehead atoms. The number of aliphatic hydroxyl groups is 2. The van der Waals surface area contributed by atoms with Crippen molar-refractivity contribution in [2.24, 2.45) is 5.41 Å². The lowest BCUT2D eigenvalue weighted by Gasteiger charge is -2.37. The van der Waals surface area contributed by atoms with Crippen LogP contribution < -0.4 is 21.4 Å². The third-order valence-electron chi connectivity index (χ3n) is 8.96. The summed E-state index contributed by atoms with van der Waals surface area (Å²) in [5.74, 6) is -1.20. The van der Waals surface area contributed by atoms with Gasteiger partial charge in [0.2, 0.25) is 0 Å². The molecular weight excluding hydrogens is 710 g/mol. The van der Waals surface area contributed by atoms with Crippen LogP contribution in [0.3, 0.4) is 0 Å². The summed E-state index contributed by atoms with van der Waals surface area (Å²) in [6.07, 6.45) is -0.554. The third kappa shape index (κ3) is 10.3. The maximum atomic E-state index is 14.2. The van der Waals surface area contributed by atoms with Crippen LogP contribution in [0.1, 0.15) is 54.6 Å². The molecule has 4 amide bonds. The van der Waals surface area contributed by atoms with Gasteiger partial charge in [-0.3, -0.25) is 15.0 Å². The Balaban J connectivity index is 1.41. The summed E-state index contributed by atoms with van der Waals surface area (Å²) in [5, 5.41) is 33.4. The maximum absolute atomic E-state index is 14.2. The first kappa shape index (κ1) is 37.7. The molecule has 4 aromatic rings. The van der Waals surface area contributed by atoms with E-state index in [1.807, 2.05) is 130 Å². The van der Waals surface area contributed by atoms with E-state index in [2.05, 4.69) is 37.3 Å². The fourth-order valence-electron chi connectivity index (χ4n) is 6.28.